The van der Waals surface area contributed by atoms with Crippen molar-refractivity contribution in [2.75, 3.05) is 0 Å². The lowest BCUT2D eigenvalue weighted by Crippen LogP contribution is -1.99. The largest absolute Gasteiger partial charge is 0.478 e. The number of pyridine rings is 1. The summed E-state index contributed by atoms with van der Waals surface area (Å²) in [7, 11) is 1.86. The number of nitriles is 1. The van der Waals surface area contributed by atoms with Gasteiger partial charge in [0.15, 0.2) is 5.65 Å². The number of hydrogen-bond acceptors (Lipinski definition) is 5. The zero-order chi connectivity index (χ0) is 16.4. The van der Waals surface area contributed by atoms with E-state index in [1.807, 2.05) is 23.7 Å². The molecule has 23 heavy (non-hydrogen) atoms. The summed E-state index contributed by atoms with van der Waals surface area (Å²) < 4.78 is 1.86. The van der Waals surface area contributed by atoms with Crippen LogP contribution in [0, 0.1) is 11.3 Å². The Kier molecular flexibility index (Phi) is 4.00. The molecule has 0 aliphatic heterocycles. The van der Waals surface area contributed by atoms with E-state index in [1.54, 1.807) is 23.9 Å². The number of aromatic nitrogens is 3. The van der Waals surface area contributed by atoms with Crippen molar-refractivity contribution in [1.29, 1.82) is 5.26 Å². The molecule has 2 aromatic heterocycles. The number of imidazole rings is 1. The molecular weight excluding hydrogens is 312 g/mol. The second-order valence-electron chi connectivity index (χ2n) is 4.88. The Bertz CT molecular complexity index is 926. The molecule has 3 rings (SSSR count). The highest BCUT2D eigenvalue weighted by atomic mass is 32.2. The van der Waals surface area contributed by atoms with Crippen LogP contribution < -0.4 is 0 Å². The van der Waals surface area contributed by atoms with Gasteiger partial charge in [0, 0.05) is 18.1 Å². The Morgan fingerprint density at radius 1 is 1.39 bits per heavy atom. The van der Waals surface area contributed by atoms with Crippen molar-refractivity contribution < 1.29 is 9.90 Å². The third kappa shape index (κ3) is 3.03. The molecule has 0 amide bonds. The quantitative estimate of drug-likeness (QED) is 0.742. The van der Waals surface area contributed by atoms with Crippen LogP contribution in [0.3, 0.4) is 0 Å². The highest BCUT2D eigenvalue weighted by Gasteiger charge is 2.12. The van der Waals surface area contributed by atoms with Crippen LogP contribution in [-0.2, 0) is 12.8 Å². The van der Waals surface area contributed by atoms with Gasteiger partial charge < -0.3 is 9.67 Å². The number of hydrogen-bond donors (Lipinski definition) is 1. The van der Waals surface area contributed by atoms with Crippen LogP contribution in [0.5, 0.6) is 0 Å². The van der Waals surface area contributed by atoms with Gasteiger partial charge in [0.25, 0.3) is 0 Å². The fourth-order valence-corrected chi connectivity index (χ4v) is 3.03. The summed E-state index contributed by atoms with van der Waals surface area (Å²) in [6.07, 6.45) is 1.34. The fourth-order valence-electron chi connectivity index (χ4n) is 2.14. The minimum atomic E-state index is -1.02. The van der Waals surface area contributed by atoms with Gasteiger partial charge in [-0.2, -0.15) is 5.26 Å². The SMILES string of the molecule is Cn1c(CSc2ccc(C#N)cc2)nc2cc(C(=O)O)cnc21. The summed E-state index contributed by atoms with van der Waals surface area (Å²) in [5.74, 6) is 0.421. The lowest BCUT2D eigenvalue weighted by Gasteiger charge is -2.02. The molecule has 1 aromatic carbocycles. The van der Waals surface area contributed by atoms with Gasteiger partial charge in [0.1, 0.15) is 11.3 Å². The molecular formula is C16H12N4O2S. The van der Waals surface area contributed by atoms with Crippen molar-refractivity contribution >= 4 is 28.9 Å². The van der Waals surface area contributed by atoms with Gasteiger partial charge in [-0.3, -0.25) is 0 Å². The monoisotopic (exact) mass is 324 g/mol. The van der Waals surface area contributed by atoms with Crippen LogP contribution in [-0.4, -0.2) is 25.6 Å². The number of nitrogens with zero attached hydrogens (tertiary/aromatic N) is 4. The zero-order valence-corrected chi connectivity index (χ0v) is 13.0. The number of carboxylic acids is 1. The van der Waals surface area contributed by atoms with E-state index in [0.29, 0.717) is 22.5 Å². The molecule has 0 radical (unpaired) electrons. The Morgan fingerprint density at radius 2 is 2.13 bits per heavy atom. The first-order valence-corrected chi connectivity index (χ1v) is 7.74. The number of carbonyl (C=O) groups is 1. The molecule has 0 bridgehead atoms. The molecule has 0 aliphatic carbocycles. The van der Waals surface area contributed by atoms with Gasteiger partial charge in [-0.25, -0.2) is 14.8 Å². The molecule has 0 unspecified atom stereocenters. The number of aryl methyl sites for hydroxylation is 1. The maximum Gasteiger partial charge on any atom is 0.337 e. The van der Waals surface area contributed by atoms with Crippen molar-refractivity contribution in [3.63, 3.8) is 0 Å². The molecule has 6 nitrogen and oxygen atoms in total. The van der Waals surface area contributed by atoms with E-state index < -0.39 is 5.97 Å². The van der Waals surface area contributed by atoms with Crippen LogP contribution in [0.4, 0.5) is 0 Å². The van der Waals surface area contributed by atoms with Crippen molar-refractivity contribution in [3.8, 4) is 6.07 Å². The number of fused-ring (bicyclic) bond motifs is 1. The highest BCUT2D eigenvalue weighted by Crippen LogP contribution is 2.24. The number of rotatable bonds is 4. The second-order valence-corrected chi connectivity index (χ2v) is 5.93. The second kappa shape index (κ2) is 6.10. The number of carboxylic acid groups (broad SMARTS) is 1. The lowest BCUT2D eigenvalue weighted by molar-refractivity contribution is 0.0696. The summed E-state index contributed by atoms with van der Waals surface area (Å²) >= 11 is 1.60. The van der Waals surface area contributed by atoms with Crippen LogP contribution in [0.25, 0.3) is 11.2 Å². The van der Waals surface area contributed by atoms with Crippen molar-refractivity contribution in [2.24, 2.45) is 7.05 Å². The van der Waals surface area contributed by atoms with Crippen molar-refractivity contribution in [2.45, 2.75) is 10.6 Å². The Hall–Kier alpha value is -2.85. The smallest absolute Gasteiger partial charge is 0.337 e. The van der Waals surface area contributed by atoms with Gasteiger partial charge in [0.05, 0.1) is 22.9 Å². The summed E-state index contributed by atoms with van der Waals surface area (Å²) in [4.78, 5) is 20.7. The van der Waals surface area contributed by atoms with Gasteiger partial charge >= 0.3 is 5.97 Å². The summed E-state index contributed by atoms with van der Waals surface area (Å²) in [6.45, 7) is 0. The standard InChI is InChI=1S/C16H12N4O2S/c1-20-14(9-23-12-4-2-10(7-17)3-5-12)19-13-6-11(16(21)22)8-18-15(13)20/h2-6,8H,9H2,1H3,(H,21,22). The van der Waals surface area contributed by atoms with Crippen LogP contribution in [0.15, 0.2) is 41.4 Å². The van der Waals surface area contributed by atoms with Crippen molar-refractivity contribution in [1.82, 2.24) is 14.5 Å². The molecule has 0 fully saturated rings. The summed E-state index contributed by atoms with van der Waals surface area (Å²) in [5.41, 5.74) is 1.98. The maximum atomic E-state index is 11.0. The molecule has 0 aliphatic rings. The molecule has 2 heterocycles. The van der Waals surface area contributed by atoms with E-state index in [-0.39, 0.29) is 5.56 Å². The Balaban J connectivity index is 1.83. The minimum absolute atomic E-state index is 0.127. The first-order chi connectivity index (χ1) is 11.1. The van der Waals surface area contributed by atoms with Crippen LogP contribution >= 0.6 is 11.8 Å². The van der Waals surface area contributed by atoms with Gasteiger partial charge in [-0.1, -0.05) is 0 Å². The topological polar surface area (TPSA) is 91.8 Å². The third-order valence-corrected chi connectivity index (χ3v) is 4.41. The fraction of sp³-hybridized carbons (Fsp3) is 0.125. The summed E-state index contributed by atoms with van der Waals surface area (Å²) in [5, 5.41) is 17.8. The van der Waals surface area contributed by atoms with Crippen LogP contribution in [0.2, 0.25) is 0 Å². The molecule has 7 heteroatoms. The van der Waals surface area contributed by atoms with Gasteiger partial charge in [0.2, 0.25) is 0 Å². The average molecular weight is 324 g/mol. The lowest BCUT2D eigenvalue weighted by atomic mass is 10.2. The van der Waals surface area contributed by atoms with E-state index in [2.05, 4.69) is 16.0 Å². The van der Waals surface area contributed by atoms with E-state index >= 15 is 0 Å². The maximum absolute atomic E-state index is 11.0. The number of thioether (sulfide) groups is 1. The molecule has 0 saturated heterocycles. The Labute approximate surface area is 136 Å². The predicted octanol–water partition coefficient (Wildman–Crippen LogP) is 2.83. The number of benzene rings is 1. The predicted molar refractivity (Wildman–Crippen MR) is 86.2 cm³/mol. The molecule has 1 N–H and O–H groups in total. The van der Waals surface area contributed by atoms with Crippen molar-refractivity contribution in [3.05, 3.63) is 53.5 Å². The Morgan fingerprint density at radius 3 is 2.78 bits per heavy atom. The first-order valence-electron chi connectivity index (χ1n) is 6.76. The van der Waals surface area contributed by atoms with Crippen LogP contribution in [0.1, 0.15) is 21.7 Å². The van der Waals surface area contributed by atoms with E-state index in [4.69, 9.17) is 10.4 Å². The van der Waals surface area contributed by atoms with Gasteiger partial charge in [-0.05, 0) is 30.3 Å². The minimum Gasteiger partial charge on any atom is -0.478 e. The summed E-state index contributed by atoms with van der Waals surface area (Å²) in [6, 6.07) is 11.0. The zero-order valence-electron chi connectivity index (χ0n) is 12.2. The molecule has 0 saturated carbocycles. The molecule has 0 atom stereocenters. The van der Waals surface area contributed by atoms with E-state index in [1.165, 1.54) is 12.3 Å². The number of aromatic carboxylic acids is 1. The van der Waals surface area contributed by atoms with E-state index in [0.717, 1.165) is 10.7 Å². The average Bonchev–Trinajstić information content (AvgIpc) is 2.89. The molecule has 114 valence electrons. The highest BCUT2D eigenvalue weighted by molar-refractivity contribution is 7.98. The van der Waals surface area contributed by atoms with Gasteiger partial charge in [-0.15, -0.1) is 11.8 Å². The molecule has 3 aromatic rings. The normalized spacial score (nSPS) is 10.6. The molecule has 0 spiro atoms. The first kappa shape index (κ1) is 15.1. The third-order valence-electron chi connectivity index (χ3n) is 3.40. The van der Waals surface area contributed by atoms with E-state index in [9.17, 15) is 4.79 Å².